The molecule has 1 N–H and O–H groups in total. The number of carbonyl (C=O) groups is 1. The van der Waals surface area contributed by atoms with E-state index in [-0.39, 0.29) is 5.91 Å². The smallest absolute Gasteiger partial charge is 0.239 e. The molecule has 1 aliphatic rings. The SMILES string of the molecule is O=C(CN1CCC(c2ccnc3nc4ccccc4n23)CC1)Nc1ccccn1. The second-order valence-electron chi connectivity index (χ2n) is 7.42. The number of benzene rings is 1. The van der Waals surface area contributed by atoms with Crippen LogP contribution < -0.4 is 5.32 Å². The largest absolute Gasteiger partial charge is 0.310 e. The van der Waals surface area contributed by atoms with Gasteiger partial charge in [-0.3, -0.25) is 14.1 Å². The van der Waals surface area contributed by atoms with Gasteiger partial charge in [0.1, 0.15) is 5.82 Å². The second-order valence-corrected chi connectivity index (χ2v) is 7.42. The average Bonchev–Trinajstić information content (AvgIpc) is 3.14. The maximum absolute atomic E-state index is 12.3. The van der Waals surface area contributed by atoms with Crippen molar-refractivity contribution in [1.82, 2.24) is 24.3 Å². The Bertz CT molecular complexity index is 1150. The summed E-state index contributed by atoms with van der Waals surface area (Å²) >= 11 is 0. The molecule has 7 nitrogen and oxygen atoms in total. The highest BCUT2D eigenvalue weighted by Crippen LogP contribution is 2.30. The van der Waals surface area contributed by atoms with E-state index in [9.17, 15) is 4.79 Å². The summed E-state index contributed by atoms with van der Waals surface area (Å²) in [6.45, 7) is 2.16. The first kappa shape index (κ1) is 17.8. The van der Waals surface area contributed by atoms with Crippen LogP contribution in [0.4, 0.5) is 5.82 Å². The molecule has 0 radical (unpaired) electrons. The summed E-state index contributed by atoms with van der Waals surface area (Å²) in [5.41, 5.74) is 3.32. The zero-order chi connectivity index (χ0) is 19.6. The fourth-order valence-corrected chi connectivity index (χ4v) is 4.14. The van der Waals surface area contributed by atoms with Crippen LogP contribution in [0.2, 0.25) is 0 Å². The molecule has 1 fully saturated rings. The van der Waals surface area contributed by atoms with Crippen molar-refractivity contribution in [1.29, 1.82) is 0 Å². The predicted molar refractivity (Wildman–Crippen MR) is 112 cm³/mol. The summed E-state index contributed by atoms with van der Waals surface area (Å²) < 4.78 is 2.18. The molecule has 0 atom stereocenters. The molecule has 146 valence electrons. The number of imidazole rings is 1. The van der Waals surface area contributed by atoms with Crippen molar-refractivity contribution in [2.24, 2.45) is 0 Å². The van der Waals surface area contributed by atoms with Gasteiger partial charge >= 0.3 is 0 Å². The minimum atomic E-state index is -0.0194. The third-order valence-corrected chi connectivity index (χ3v) is 5.54. The van der Waals surface area contributed by atoms with Gasteiger partial charge in [-0.25, -0.2) is 15.0 Å². The first-order valence-electron chi connectivity index (χ1n) is 9.93. The number of pyridine rings is 1. The Labute approximate surface area is 168 Å². The molecule has 0 bridgehead atoms. The second kappa shape index (κ2) is 7.60. The summed E-state index contributed by atoms with van der Waals surface area (Å²) in [6, 6.07) is 15.8. The van der Waals surface area contributed by atoms with Crippen LogP contribution in [0, 0.1) is 0 Å². The highest BCUT2D eigenvalue weighted by Gasteiger charge is 2.24. The van der Waals surface area contributed by atoms with Crippen molar-refractivity contribution in [3.8, 4) is 0 Å². The first-order valence-corrected chi connectivity index (χ1v) is 9.93. The standard InChI is InChI=1S/C22H22N6O/c29-21(26-20-7-3-4-11-23-20)15-27-13-9-16(10-14-27)18-8-12-24-22-25-17-5-1-2-6-19(17)28(18)22/h1-8,11-12,16H,9-10,13-15H2,(H,23,26,29). The Morgan fingerprint density at radius 2 is 1.83 bits per heavy atom. The molecule has 5 rings (SSSR count). The van der Waals surface area contributed by atoms with Crippen molar-refractivity contribution in [3.05, 3.63) is 66.6 Å². The van der Waals surface area contributed by atoms with E-state index in [2.05, 4.69) is 41.7 Å². The van der Waals surface area contributed by atoms with Crippen LogP contribution in [0.5, 0.6) is 0 Å². The Morgan fingerprint density at radius 1 is 1.00 bits per heavy atom. The Morgan fingerprint density at radius 3 is 2.66 bits per heavy atom. The van der Waals surface area contributed by atoms with Gasteiger partial charge < -0.3 is 5.32 Å². The third-order valence-electron chi connectivity index (χ3n) is 5.54. The van der Waals surface area contributed by atoms with Gasteiger partial charge in [0.25, 0.3) is 0 Å². The quantitative estimate of drug-likeness (QED) is 0.583. The highest BCUT2D eigenvalue weighted by molar-refractivity contribution is 5.91. The number of hydrogen-bond acceptors (Lipinski definition) is 5. The molecule has 0 aliphatic carbocycles. The van der Waals surface area contributed by atoms with Gasteiger partial charge in [-0.15, -0.1) is 0 Å². The summed E-state index contributed by atoms with van der Waals surface area (Å²) in [7, 11) is 0. The molecule has 7 heteroatoms. The van der Waals surface area contributed by atoms with Crippen LogP contribution >= 0.6 is 0 Å². The molecule has 3 aromatic heterocycles. The average molecular weight is 386 g/mol. The normalized spacial score (nSPS) is 15.7. The van der Waals surface area contributed by atoms with E-state index in [1.54, 1.807) is 12.3 Å². The molecule has 4 aromatic rings. The van der Waals surface area contributed by atoms with Crippen molar-refractivity contribution < 1.29 is 4.79 Å². The fraction of sp³-hybridized carbons (Fsp3) is 0.273. The van der Waals surface area contributed by atoms with E-state index < -0.39 is 0 Å². The lowest BCUT2D eigenvalue weighted by Gasteiger charge is -2.31. The van der Waals surface area contributed by atoms with Crippen molar-refractivity contribution in [3.63, 3.8) is 0 Å². The van der Waals surface area contributed by atoms with Crippen LogP contribution in [-0.2, 0) is 4.79 Å². The predicted octanol–water partition coefficient (Wildman–Crippen LogP) is 3.10. The molecule has 1 amide bonds. The van der Waals surface area contributed by atoms with Crippen molar-refractivity contribution in [2.75, 3.05) is 25.0 Å². The molecule has 4 heterocycles. The molecule has 0 saturated carbocycles. The molecule has 29 heavy (non-hydrogen) atoms. The van der Waals surface area contributed by atoms with E-state index >= 15 is 0 Å². The lowest BCUT2D eigenvalue weighted by molar-refractivity contribution is -0.117. The van der Waals surface area contributed by atoms with Gasteiger partial charge in [-0.2, -0.15) is 0 Å². The van der Waals surface area contributed by atoms with E-state index in [1.807, 2.05) is 36.5 Å². The van der Waals surface area contributed by atoms with Gasteiger partial charge in [0.05, 0.1) is 17.6 Å². The summed E-state index contributed by atoms with van der Waals surface area (Å²) in [6.07, 6.45) is 5.53. The number of rotatable bonds is 4. The van der Waals surface area contributed by atoms with Crippen LogP contribution in [0.3, 0.4) is 0 Å². The minimum absolute atomic E-state index is 0.0194. The van der Waals surface area contributed by atoms with Gasteiger partial charge in [0.15, 0.2) is 0 Å². The molecule has 0 spiro atoms. The number of anilines is 1. The number of likely N-dealkylation sites (tertiary alicyclic amines) is 1. The number of nitrogens with zero attached hydrogens (tertiary/aromatic N) is 5. The maximum Gasteiger partial charge on any atom is 0.239 e. The van der Waals surface area contributed by atoms with E-state index in [4.69, 9.17) is 0 Å². The number of carbonyl (C=O) groups excluding carboxylic acids is 1. The zero-order valence-electron chi connectivity index (χ0n) is 16.0. The fourth-order valence-electron chi connectivity index (χ4n) is 4.14. The highest BCUT2D eigenvalue weighted by atomic mass is 16.2. The van der Waals surface area contributed by atoms with Crippen LogP contribution in [-0.4, -0.2) is 49.8 Å². The number of nitrogens with one attached hydrogen (secondary N) is 1. The molecule has 1 aromatic carbocycles. The summed E-state index contributed by atoms with van der Waals surface area (Å²) in [5.74, 6) is 1.75. The van der Waals surface area contributed by atoms with Crippen molar-refractivity contribution >= 4 is 28.5 Å². The Balaban J connectivity index is 1.28. The van der Waals surface area contributed by atoms with Crippen LogP contribution in [0.15, 0.2) is 60.9 Å². The Kier molecular flexibility index (Phi) is 4.65. The lowest BCUT2D eigenvalue weighted by Crippen LogP contribution is -2.39. The molecule has 1 saturated heterocycles. The van der Waals surface area contributed by atoms with Gasteiger partial charge in [0, 0.05) is 24.0 Å². The Hall–Kier alpha value is -3.32. The van der Waals surface area contributed by atoms with E-state index in [0.29, 0.717) is 18.3 Å². The van der Waals surface area contributed by atoms with Crippen molar-refractivity contribution in [2.45, 2.75) is 18.8 Å². The number of piperidine rings is 1. The number of fused-ring (bicyclic) bond motifs is 3. The summed E-state index contributed by atoms with van der Waals surface area (Å²) in [5, 5.41) is 2.86. The number of hydrogen-bond donors (Lipinski definition) is 1. The molecule has 0 unspecified atom stereocenters. The van der Waals surface area contributed by atoms with Gasteiger partial charge in [-0.1, -0.05) is 18.2 Å². The van der Waals surface area contributed by atoms with Gasteiger partial charge in [-0.05, 0) is 56.3 Å². The third kappa shape index (κ3) is 3.56. The van der Waals surface area contributed by atoms with Gasteiger partial charge in [0.2, 0.25) is 11.7 Å². The lowest BCUT2D eigenvalue weighted by atomic mass is 9.93. The first-order chi connectivity index (χ1) is 14.3. The zero-order valence-corrected chi connectivity index (χ0v) is 16.0. The number of aromatic nitrogens is 4. The maximum atomic E-state index is 12.3. The molecular weight excluding hydrogens is 364 g/mol. The van der Waals surface area contributed by atoms with Crippen LogP contribution in [0.1, 0.15) is 24.5 Å². The molecular formula is C22H22N6O. The number of para-hydroxylation sites is 2. The van der Waals surface area contributed by atoms with Crippen LogP contribution in [0.25, 0.3) is 16.8 Å². The summed E-state index contributed by atoms with van der Waals surface area (Å²) in [4.78, 5) is 27.8. The monoisotopic (exact) mass is 386 g/mol. The van der Waals surface area contributed by atoms with E-state index in [1.165, 1.54) is 5.69 Å². The van der Waals surface area contributed by atoms with E-state index in [0.717, 1.165) is 42.7 Å². The topological polar surface area (TPSA) is 75.4 Å². The number of amides is 1. The molecule has 1 aliphatic heterocycles. The minimum Gasteiger partial charge on any atom is -0.310 e.